The molecule has 6 nitrogen and oxygen atoms in total. The number of hydrogen-bond donors (Lipinski definition) is 3. The number of aryl methyl sites for hydroxylation is 2. The van der Waals surface area contributed by atoms with Crippen molar-refractivity contribution in [3.63, 3.8) is 0 Å². The fourth-order valence-corrected chi connectivity index (χ4v) is 4.69. The van der Waals surface area contributed by atoms with Crippen LogP contribution in [0.2, 0.25) is 0 Å². The van der Waals surface area contributed by atoms with Crippen LogP contribution in [0.3, 0.4) is 0 Å². The summed E-state index contributed by atoms with van der Waals surface area (Å²) in [6.07, 6.45) is 2.15. The van der Waals surface area contributed by atoms with Crippen molar-refractivity contribution < 1.29 is 18.3 Å². The summed E-state index contributed by atoms with van der Waals surface area (Å²) in [6, 6.07) is 0. The van der Waals surface area contributed by atoms with Gasteiger partial charge in [0.1, 0.15) is 17.4 Å². The molecule has 0 radical (unpaired) electrons. The van der Waals surface area contributed by atoms with Gasteiger partial charge in [0.2, 0.25) is 5.95 Å². The molecular weight excluding hydrogens is 451 g/mol. The van der Waals surface area contributed by atoms with E-state index in [2.05, 4.69) is 27.5 Å². The molecule has 0 amide bonds. The number of aliphatic hydroxyl groups excluding tert-OH is 1. The number of halogens is 3. The lowest BCUT2D eigenvalue weighted by molar-refractivity contribution is -0.115. The average Bonchev–Trinajstić information content (AvgIpc) is 3.16. The van der Waals surface area contributed by atoms with Crippen LogP contribution in [0.4, 0.5) is 24.9 Å². The molecule has 0 aromatic carbocycles. The molecule has 2 atom stereocenters. The van der Waals surface area contributed by atoms with E-state index in [0.29, 0.717) is 36.5 Å². The SMILES string of the molecule is C/C=C\c1nc(-c2c(C)nc(NCC(F)(F)F)nc2NCCC(CC)C(O)CC)sc1CC. The molecule has 0 saturated heterocycles. The molecule has 0 spiro atoms. The smallest absolute Gasteiger partial charge is 0.393 e. The standard InChI is InChI=1S/C23H34F3N5OS/c1-6-10-16-18(9-4)33-21(30-16)19-14(5)29-22(28-13-23(24,25)26)31-20(19)27-12-11-15(7-2)17(32)8-3/h6,10,15,17,32H,7-9,11-13H2,1-5H3,(H2,27,28,29,31)/b10-6-. The Morgan fingerprint density at radius 3 is 2.39 bits per heavy atom. The fraction of sp³-hybridized carbons (Fsp3) is 0.609. The Bertz CT molecular complexity index is 930. The summed E-state index contributed by atoms with van der Waals surface area (Å²) >= 11 is 1.53. The third-order valence-electron chi connectivity index (χ3n) is 5.42. The first-order valence-electron chi connectivity index (χ1n) is 11.4. The number of rotatable bonds is 12. The Balaban J connectivity index is 2.41. The van der Waals surface area contributed by atoms with Crippen molar-refractivity contribution >= 4 is 29.2 Å². The minimum absolute atomic E-state index is 0.0855. The lowest BCUT2D eigenvalue weighted by Gasteiger charge is -2.21. The van der Waals surface area contributed by atoms with Gasteiger partial charge >= 0.3 is 6.18 Å². The number of thiazole rings is 1. The second-order valence-electron chi connectivity index (χ2n) is 7.87. The Hall–Kier alpha value is -2.20. The second-order valence-corrected chi connectivity index (χ2v) is 8.95. The van der Waals surface area contributed by atoms with Crippen LogP contribution in [-0.2, 0) is 6.42 Å². The quantitative estimate of drug-likeness (QED) is 0.338. The summed E-state index contributed by atoms with van der Waals surface area (Å²) in [7, 11) is 0. The van der Waals surface area contributed by atoms with Gasteiger partial charge in [-0.3, -0.25) is 0 Å². The Morgan fingerprint density at radius 1 is 1.09 bits per heavy atom. The molecule has 0 aliphatic rings. The molecule has 0 bridgehead atoms. The number of nitrogens with zero attached hydrogens (tertiary/aromatic N) is 3. The van der Waals surface area contributed by atoms with Crippen LogP contribution in [0.1, 0.15) is 63.2 Å². The van der Waals surface area contributed by atoms with Gasteiger partial charge in [0.05, 0.1) is 23.1 Å². The highest BCUT2D eigenvalue weighted by atomic mass is 32.1. The van der Waals surface area contributed by atoms with Gasteiger partial charge in [-0.25, -0.2) is 9.97 Å². The second kappa shape index (κ2) is 12.3. The van der Waals surface area contributed by atoms with E-state index in [9.17, 15) is 18.3 Å². The van der Waals surface area contributed by atoms with Crippen LogP contribution in [0.25, 0.3) is 16.6 Å². The number of hydrogen-bond acceptors (Lipinski definition) is 7. The van der Waals surface area contributed by atoms with Crippen molar-refractivity contribution in [1.29, 1.82) is 0 Å². The lowest BCUT2D eigenvalue weighted by atomic mass is 9.94. The van der Waals surface area contributed by atoms with Gasteiger partial charge in [-0.15, -0.1) is 11.3 Å². The molecule has 2 rings (SSSR count). The van der Waals surface area contributed by atoms with Crippen LogP contribution in [0.15, 0.2) is 6.08 Å². The highest BCUT2D eigenvalue weighted by Gasteiger charge is 2.28. The maximum absolute atomic E-state index is 12.7. The summed E-state index contributed by atoms with van der Waals surface area (Å²) < 4.78 is 38.1. The summed E-state index contributed by atoms with van der Waals surface area (Å²) in [5, 5.41) is 16.5. The first kappa shape index (κ1) is 27.0. The zero-order valence-corrected chi connectivity index (χ0v) is 20.7. The van der Waals surface area contributed by atoms with Gasteiger partial charge in [-0.1, -0.05) is 33.3 Å². The predicted octanol–water partition coefficient (Wildman–Crippen LogP) is 6.08. The largest absolute Gasteiger partial charge is 0.405 e. The van der Waals surface area contributed by atoms with Crippen molar-refractivity contribution in [3.05, 3.63) is 22.3 Å². The van der Waals surface area contributed by atoms with Gasteiger partial charge < -0.3 is 15.7 Å². The molecule has 2 aromatic heterocycles. The maximum atomic E-state index is 12.7. The normalized spacial score (nSPS) is 14.0. The third-order valence-corrected chi connectivity index (χ3v) is 6.65. The van der Waals surface area contributed by atoms with Crippen LogP contribution >= 0.6 is 11.3 Å². The molecule has 33 heavy (non-hydrogen) atoms. The van der Waals surface area contributed by atoms with E-state index in [1.54, 1.807) is 6.92 Å². The van der Waals surface area contributed by atoms with Crippen molar-refractivity contribution in [1.82, 2.24) is 15.0 Å². The zero-order valence-electron chi connectivity index (χ0n) is 19.9. The number of nitrogens with one attached hydrogen (secondary N) is 2. The number of alkyl halides is 3. The molecule has 2 heterocycles. The third kappa shape index (κ3) is 7.67. The van der Waals surface area contributed by atoms with E-state index in [1.807, 2.05) is 32.9 Å². The van der Waals surface area contributed by atoms with Crippen LogP contribution in [0.5, 0.6) is 0 Å². The van der Waals surface area contributed by atoms with Gasteiger partial charge in [0.15, 0.2) is 0 Å². The van der Waals surface area contributed by atoms with E-state index in [0.717, 1.165) is 28.4 Å². The first-order chi connectivity index (χ1) is 15.6. The summed E-state index contributed by atoms with van der Waals surface area (Å²) in [6.45, 7) is 9.02. The van der Waals surface area contributed by atoms with E-state index in [4.69, 9.17) is 4.98 Å². The summed E-state index contributed by atoms with van der Waals surface area (Å²) in [4.78, 5) is 14.5. The number of aliphatic hydroxyl groups is 1. The van der Waals surface area contributed by atoms with Crippen molar-refractivity contribution in [2.45, 2.75) is 72.6 Å². The van der Waals surface area contributed by atoms with Gasteiger partial charge in [-0.2, -0.15) is 18.2 Å². The average molecular weight is 486 g/mol. The molecule has 10 heteroatoms. The number of anilines is 2. The molecule has 0 aliphatic heterocycles. The van der Waals surface area contributed by atoms with E-state index < -0.39 is 12.7 Å². The minimum Gasteiger partial charge on any atom is -0.393 e. The van der Waals surface area contributed by atoms with Crippen molar-refractivity contribution in [3.8, 4) is 10.6 Å². The van der Waals surface area contributed by atoms with Crippen molar-refractivity contribution in [2.75, 3.05) is 23.7 Å². The molecule has 2 unspecified atom stereocenters. The molecule has 0 saturated carbocycles. The number of allylic oxidation sites excluding steroid dienone is 1. The van der Waals surface area contributed by atoms with Crippen LogP contribution < -0.4 is 10.6 Å². The van der Waals surface area contributed by atoms with E-state index in [-0.39, 0.29) is 18.0 Å². The minimum atomic E-state index is -4.37. The maximum Gasteiger partial charge on any atom is 0.405 e. The van der Waals surface area contributed by atoms with Crippen LogP contribution in [0, 0.1) is 12.8 Å². The molecule has 2 aromatic rings. The monoisotopic (exact) mass is 485 g/mol. The van der Waals surface area contributed by atoms with Gasteiger partial charge in [0, 0.05) is 11.4 Å². The van der Waals surface area contributed by atoms with E-state index in [1.165, 1.54) is 11.3 Å². The van der Waals surface area contributed by atoms with Crippen molar-refractivity contribution in [2.24, 2.45) is 5.92 Å². The Morgan fingerprint density at radius 2 is 1.82 bits per heavy atom. The predicted molar refractivity (Wildman–Crippen MR) is 130 cm³/mol. The number of aromatic nitrogens is 3. The highest BCUT2D eigenvalue weighted by Crippen LogP contribution is 2.36. The lowest BCUT2D eigenvalue weighted by Crippen LogP contribution is -2.23. The topological polar surface area (TPSA) is 83.0 Å². The van der Waals surface area contributed by atoms with Gasteiger partial charge in [0.25, 0.3) is 0 Å². The first-order valence-corrected chi connectivity index (χ1v) is 12.2. The Labute approximate surface area is 197 Å². The molecule has 0 fully saturated rings. The zero-order chi connectivity index (χ0) is 24.6. The summed E-state index contributed by atoms with van der Waals surface area (Å²) in [5.41, 5.74) is 2.11. The molecular formula is C23H34F3N5OS. The Kier molecular flexibility index (Phi) is 10.1. The summed E-state index contributed by atoms with van der Waals surface area (Å²) in [5.74, 6) is 0.485. The highest BCUT2D eigenvalue weighted by molar-refractivity contribution is 7.15. The molecule has 3 N–H and O–H groups in total. The van der Waals surface area contributed by atoms with Crippen LogP contribution in [-0.4, -0.2) is 45.4 Å². The van der Waals surface area contributed by atoms with E-state index >= 15 is 0 Å². The fourth-order valence-electron chi connectivity index (χ4n) is 3.60. The molecule has 184 valence electrons. The molecule has 0 aliphatic carbocycles. The van der Waals surface area contributed by atoms with Gasteiger partial charge in [-0.05, 0) is 45.1 Å².